The Morgan fingerprint density at radius 1 is 0.706 bits per heavy atom. The molecule has 4 nitrogen and oxygen atoms in total. The van der Waals surface area contributed by atoms with Crippen LogP contribution in [0, 0.1) is 0 Å². The number of aromatic nitrogens is 2. The van der Waals surface area contributed by atoms with Crippen LogP contribution in [0.3, 0.4) is 0 Å². The molecule has 0 spiro atoms. The van der Waals surface area contributed by atoms with Gasteiger partial charge in [0.25, 0.3) is 0 Å². The monoisotopic (exact) mass is 462 g/mol. The van der Waals surface area contributed by atoms with Crippen molar-refractivity contribution in [1.29, 1.82) is 0 Å². The summed E-state index contributed by atoms with van der Waals surface area (Å²) in [6, 6.07) is 17.9. The number of rotatable bonds is 1. The number of pyridine rings is 2. The second-order valence-corrected chi connectivity index (χ2v) is 11.5. The average molecular weight is 463 g/mol. The number of nitrogens with zero attached hydrogens (tertiary/aromatic N) is 1. The highest BCUT2D eigenvalue weighted by molar-refractivity contribution is 5.92. The molecule has 0 aliphatic rings. The molecule has 0 aliphatic heterocycles. The molecule has 0 atom stereocenters. The Morgan fingerprint density at radius 3 is 1.59 bits per heavy atom. The molecule has 0 saturated heterocycles. The third kappa shape index (κ3) is 10.3. The van der Waals surface area contributed by atoms with Crippen LogP contribution in [-0.4, -0.2) is 15.8 Å². The fourth-order valence-electron chi connectivity index (χ4n) is 2.94. The van der Waals surface area contributed by atoms with E-state index < -0.39 is 0 Å². The minimum Gasteiger partial charge on any atom is -0.329 e. The Bertz CT molecular complexity index is 1090. The largest absolute Gasteiger partial charge is 0.329 e. The normalized spacial score (nSPS) is 11.5. The molecule has 2 aromatic heterocycles. The molecule has 0 amide bonds. The van der Waals surface area contributed by atoms with Crippen LogP contribution in [0.25, 0.3) is 0 Å². The molecule has 184 valence electrons. The molecule has 2 heterocycles. The number of hydrogen-bond donors (Lipinski definition) is 1. The summed E-state index contributed by atoms with van der Waals surface area (Å²) in [5, 5.41) is 0. The number of ketones is 1. The van der Waals surface area contributed by atoms with Crippen molar-refractivity contribution in [2.45, 2.75) is 85.5 Å². The predicted octanol–water partition coefficient (Wildman–Crippen LogP) is 7.24. The van der Waals surface area contributed by atoms with Crippen LogP contribution in [-0.2, 0) is 16.2 Å². The van der Waals surface area contributed by atoms with Gasteiger partial charge in [-0.2, -0.15) is 0 Å². The zero-order valence-corrected chi connectivity index (χ0v) is 22.6. The summed E-state index contributed by atoms with van der Waals surface area (Å²) in [7, 11) is 0. The Kier molecular flexibility index (Phi) is 10.2. The lowest BCUT2D eigenvalue weighted by molar-refractivity contribution is 0.101. The molecule has 3 rings (SSSR count). The molecule has 1 aromatic carbocycles. The fourth-order valence-corrected chi connectivity index (χ4v) is 2.94. The van der Waals surface area contributed by atoms with Gasteiger partial charge in [-0.1, -0.05) is 92.6 Å². The minimum absolute atomic E-state index is 0.0195. The summed E-state index contributed by atoms with van der Waals surface area (Å²) in [5.41, 5.74) is 4.57. The third-order valence-electron chi connectivity index (χ3n) is 5.27. The van der Waals surface area contributed by atoms with Crippen molar-refractivity contribution in [3.63, 3.8) is 0 Å². The third-order valence-corrected chi connectivity index (χ3v) is 5.27. The topological polar surface area (TPSA) is 62.8 Å². The van der Waals surface area contributed by atoms with E-state index in [2.05, 4.69) is 103 Å². The van der Waals surface area contributed by atoms with Crippen molar-refractivity contribution >= 4 is 5.78 Å². The van der Waals surface area contributed by atoms with E-state index in [0.29, 0.717) is 11.1 Å². The summed E-state index contributed by atoms with van der Waals surface area (Å²) in [6.07, 6.45) is 3.38. The lowest BCUT2D eigenvalue weighted by Crippen LogP contribution is -2.15. The van der Waals surface area contributed by atoms with Gasteiger partial charge in [0.15, 0.2) is 5.78 Å². The first-order valence-electron chi connectivity index (χ1n) is 11.7. The highest BCUT2D eigenvalue weighted by Crippen LogP contribution is 2.22. The van der Waals surface area contributed by atoms with Crippen LogP contribution >= 0.6 is 0 Å². The van der Waals surface area contributed by atoms with Gasteiger partial charge in [0.05, 0.1) is 0 Å². The van der Waals surface area contributed by atoms with E-state index in [1.807, 2.05) is 18.2 Å². The Hall–Kier alpha value is -3.01. The van der Waals surface area contributed by atoms with Crippen molar-refractivity contribution in [1.82, 2.24) is 9.97 Å². The summed E-state index contributed by atoms with van der Waals surface area (Å²) in [5.74, 6) is 0.0195. The van der Waals surface area contributed by atoms with Crippen LogP contribution in [0.5, 0.6) is 0 Å². The first kappa shape index (κ1) is 29.0. The van der Waals surface area contributed by atoms with E-state index in [0.717, 1.165) is 11.1 Å². The number of hydrogen-bond acceptors (Lipinski definition) is 3. The van der Waals surface area contributed by atoms with Crippen molar-refractivity contribution in [3.05, 3.63) is 99.7 Å². The molecule has 0 radical (unpaired) electrons. The van der Waals surface area contributed by atoms with E-state index >= 15 is 0 Å². The molecule has 0 saturated carbocycles. The van der Waals surface area contributed by atoms with Crippen LogP contribution < -0.4 is 5.56 Å². The first-order chi connectivity index (χ1) is 15.5. The summed E-state index contributed by atoms with van der Waals surface area (Å²) >= 11 is 0. The second kappa shape index (κ2) is 11.9. The minimum atomic E-state index is -0.0302. The molecular formula is C30H42N2O2. The molecule has 34 heavy (non-hydrogen) atoms. The summed E-state index contributed by atoms with van der Waals surface area (Å²) < 4.78 is 0. The number of nitrogens with one attached hydrogen (secondary N) is 1. The molecule has 0 fully saturated rings. The fraction of sp³-hybridized carbons (Fsp3) is 0.433. The standard InChI is InChI=1S/C11H15NO.C10H14.C9H13NO/c1-8(13)10-7-9(5-6-12-10)11(2,3)4;1-10(2,3)9-7-5-4-6-8-9;1-9(2,3)7-4-5-10-8(11)6-7/h5-7H,1-4H3;4-8H,1-3H3;4-6H,1-3H3,(H,10,11). The number of Topliss-reactive ketones (excluding diaryl/α,β-unsaturated/α-hetero) is 1. The van der Waals surface area contributed by atoms with Crippen LogP contribution in [0.4, 0.5) is 0 Å². The molecule has 4 heteroatoms. The molecule has 0 unspecified atom stereocenters. The summed E-state index contributed by atoms with van der Waals surface area (Å²) in [4.78, 5) is 28.5. The van der Waals surface area contributed by atoms with Crippen molar-refractivity contribution < 1.29 is 4.79 Å². The lowest BCUT2D eigenvalue weighted by Gasteiger charge is -2.18. The smallest absolute Gasteiger partial charge is 0.248 e. The van der Waals surface area contributed by atoms with Gasteiger partial charge in [0.1, 0.15) is 5.69 Å². The quantitative estimate of drug-likeness (QED) is 0.388. The van der Waals surface area contributed by atoms with Crippen molar-refractivity contribution in [2.75, 3.05) is 0 Å². The molecule has 0 bridgehead atoms. The number of aromatic amines is 1. The Morgan fingerprint density at radius 2 is 1.21 bits per heavy atom. The first-order valence-corrected chi connectivity index (χ1v) is 11.7. The second-order valence-electron chi connectivity index (χ2n) is 11.5. The van der Waals surface area contributed by atoms with Crippen LogP contribution in [0.2, 0.25) is 0 Å². The maximum Gasteiger partial charge on any atom is 0.248 e. The number of carbonyl (C=O) groups excluding carboxylic acids is 1. The van der Waals surface area contributed by atoms with Gasteiger partial charge in [0, 0.05) is 25.4 Å². The zero-order valence-electron chi connectivity index (χ0n) is 22.6. The van der Waals surface area contributed by atoms with Gasteiger partial charge in [-0.05, 0) is 51.1 Å². The number of carbonyl (C=O) groups is 1. The van der Waals surface area contributed by atoms with Crippen molar-refractivity contribution in [3.8, 4) is 0 Å². The Labute approximate surface area is 205 Å². The Balaban J connectivity index is 0.000000257. The lowest BCUT2D eigenvalue weighted by atomic mass is 9.87. The van der Waals surface area contributed by atoms with Gasteiger partial charge in [-0.25, -0.2) is 0 Å². The van der Waals surface area contributed by atoms with Gasteiger partial charge in [-0.3, -0.25) is 14.6 Å². The molecular weight excluding hydrogens is 420 g/mol. The SMILES string of the molecule is CC(=O)c1cc(C(C)(C)C)ccn1.CC(C)(C)c1cc[nH]c(=O)c1.CC(C)(C)c1ccccc1. The van der Waals surface area contributed by atoms with E-state index in [4.69, 9.17) is 0 Å². The maximum atomic E-state index is 11.1. The maximum absolute atomic E-state index is 11.1. The van der Waals surface area contributed by atoms with E-state index in [-0.39, 0.29) is 22.2 Å². The van der Waals surface area contributed by atoms with Crippen LogP contribution in [0.1, 0.15) is 96.4 Å². The average Bonchev–Trinajstić information content (AvgIpc) is 2.74. The molecule has 1 N–H and O–H groups in total. The predicted molar refractivity (Wildman–Crippen MR) is 144 cm³/mol. The number of H-pyrrole nitrogens is 1. The van der Waals surface area contributed by atoms with E-state index in [1.165, 1.54) is 12.5 Å². The van der Waals surface area contributed by atoms with Gasteiger partial charge < -0.3 is 4.98 Å². The van der Waals surface area contributed by atoms with Gasteiger partial charge in [-0.15, -0.1) is 0 Å². The molecule has 0 aliphatic carbocycles. The van der Waals surface area contributed by atoms with E-state index in [9.17, 15) is 9.59 Å². The highest BCUT2D eigenvalue weighted by Gasteiger charge is 2.15. The molecule has 3 aromatic rings. The zero-order chi connectivity index (χ0) is 26.2. The highest BCUT2D eigenvalue weighted by atomic mass is 16.1. The van der Waals surface area contributed by atoms with Gasteiger partial charge in [0.2, 0.25) is 5.56 Å². The van der Waals surface area contributed by atoms with Gasteiger partial charge >= 0.3 is 0 Å². The van der Waals surface area contributed by atoms with E-state index in [1.54, 1.807) is 18.5 Å². The summed E-state index contributed by atoms with van der Waals surface area (Å²) in [6.45, 7) is 20.8. The number of benzene rings is 1. The van der Waals surface area contributed by atoms with Crippen molar-refractivity contribution in [2.24, 2.45) is 0 Å². The van der Waals surface area contributed by atoms with Crippen LogP contribution in [0.15, 0.2) is 71.8 Å².